The fourth-order valence-electron chi connectivity index (χ4n) is 5.17. The van der Waals surface area contributed by atoms with Gasteiger partial charge in [-0.3, -0.25) is 4.79 Å². The SMILES string of the molecule is Cc1nc(-c2ncccn2)sc1C(=O)N1C[C@@H]2C(Oc3cc(C(C)(C)N)cc(-c4ccc(C(F)(F)F)cc4Cl)n3)[C@@H]2C1. The third-order valence-electron chi connectivity index (χ3n) is 7.53. The van der Waals surface area contributed by atoms with Crippen LogP contribution in [0.4, 0.5) is 13.2 Å². The van der Waals surface area contributed by atoms with Crippen LogP contribution in [-0.4, -0.2) is 49.9 Å². The molecule has 1 saturated heterocycles. The third-order valence-corrected chi connectivity index (χ3v) is 8.98. The van der Waals surface area contributed by atoms with E-state index < -0.39 is 17.3 Å². The van der Waals surface area contributed by atoms with Crippen LogP contribution < -0.4 is 10.5 Å². The molecule has 2 fully saturated rings. The molecule has 1 unspecified atom stereocenters. The maximum Gasteiger partial charge on any atom is 0.416 e. The fourth-order valence-corrected chi connectivity index (χ4v) is 6.43. The molecule has 1 aromatic carbocycles. The molecular formula is C29H26ClF3N6O2S. The Morgan fingerprint density at radius 1 is 1.07 bits per heavy atom. The highest BCUT2D eigenvalue weighted by molar-refractivity contribution is 7.17. The first-order valence-electron chi connectivity index (χ1n) is 13.2. The highest BCUT2D eigenvalue weighted by Crippen LogP contribution is 2.49. The van der Waals surface area contributed by atoms with Crippen molar-refractivity contribution < 1.29 is 22.7 Å². The Morgan fingerprint density at radius 3 is 2.38 bits per heavy atom. The number of pyridine rings is 1. The van der Waals surface area contributed by atoms with E-state index in [9.17, 15) is 18.0 Å². The van der Waals surface area contributed by atoms with Gasteiger partial charge in [0.25, 0.3) is 5.91 Å². The van der Waals surface area contributed by atoms with Crippen LogP contribution in [0.3, 0.4) is 0 Å². The summed E-state index contributed by atoms with van der Waals surface area (Å²) in [6.45, 7) is 6.49. The summed E-state index contributed by atoms with van der Waals surface area (Å²) in [6, 6.07) is 8.33. The van der Waals surface area contributed by atoms with Gasteiger partial charge < -0.3 is 15.4 Å². The number of likely N-dealkylation sites (tertiary alicyclic amines) is 1. The van der Waals surface area contributed by atoms with Gasteiger partial charge in [0, 0.05) is 54.5 Å². The number of carbonyl (C=O) groups excluding carboxylic acids is 1. The minimum Gasteiger partial charge on any atom is -0.474 e. The molecule has 6 rings (SSSR count). The summed E-state index contributed by atoms with van der Waals surface area (Å²) in [4.78, 5) is 33.2. The van der Waals surface area contributed by atoms with Gasteiger partial charge in [-0.25, -0.2) is 19.9 Å². The van der Waals surface area contributed by atoms with Gasteiger partial charge >= 0.3 is 6.18 Å². The number of carbonyl (C=O) groups is 1. The van der Waals surface area contributed by atoms with Crippen molar-refractivity contribution in [3.63, 3.8) is 0 Å². The molecule has 13 heteroatoms. The van der Waals surface area contributed by atoms with Crippen LogP contribution in [0.25, 0.3) is 22.1 Å². The summed E-state index contributed by atoms with van der Waals surface area (Å²) in [5.74, 6) is 0.972. The Labute approximate surface area is 248 Å². The number of rotatable bonds is 6. The number of fused-ring (bicyclic) bond motifs is 1. The molecule has 4 aromatic rings. The lowest BCUT2D eigenvalue weighted by molar-refractivity contribution is -0.137. The largest absolute Gasteiger partial charge is 0.474 e. The molecule has 4 heterocycles. The number of aryl methyl sites for hydroxylation is 1. The van der Waals surface area contributed by atoms with Crippen LogP contribution in [0, 0.1) is 18.8 Å². The first kappa shape index (κ1) is 28.5. The molecule has 1 amide bonds. The van der Waals surface area contributed by atoms with E-state index in [2.05, 4.69) is 19.9 Å². The quantitative estimate of drug-likeness (QED) is 0.284. The van der Waals surface area contributed by atoms with Crippen molar-refractivity contribution in [3.05, 3.63) is 75.5 Å². The second-order valence-corrected chi connectivity index (χ2v) is 12.5. The van der Waals surface area contributed by atoms with Crippen LogP contribution in [0.2, 0.25) is 5.02 Å². The lowest BCUT2D eigenvalue weighted by atomic mass is 9.94. The Bertz CT molecular complexity index is 1660. The molecule has 2 aliphatic rings. The summed E-state index contributed by atoms with van der Waals surface area (Å²) < 4.78 is 45.8. The number of aromatic nitrogens is 4. The first-order chi connectivity index (χ1) is 19.8. The van der Waals surface area contributed by atoms with Crippen LogP contribution in [-0.2, 0) is 11.7 Å². The number of alkyl halides is 3. The van der Waals surface area contributed by atoms with E-state index >= 15 is 0 Å². The number of amides is 1. The van der Waals surface area contributed by atoms with Crippen LogP contribution >= 0.6 is 22.9 Å². The third kappa shape index (κ3) is 5.46. The average Bonchev–Trinajstić information content (AvgIpc) is 3.25. The summed E-state index contributed by atoms with van der Waals surface area (Å²) >= 11 is 7.55. The molecule has 3 aromatic heterocycles. The lowest BCUT2D eigenvalue weighted by Crippen LogP contribution is -2.33. The summed E-state index contributed by atoms with van der Waals surface area (Å²) in [6.07, 6.45) is -1.39. The molecule has 1 aliphatic carbocycles. The van der Waals surface area contributed by atoms with Gasteiger partial charge in [0.2, 0.25) is 5.88 Å². The monoisotopic (exact) mass is 614 g/mol. The number of nitrogens with two attached hydrogens (primary N) is 1. The lowest BCUT2D eigenvalue weighted by Gasteiger charge is -2.22. The van der Waals surface area contributed by atoms with Crippen LogP contribution in [0.15, 0.2) is 48.8 Å². The normalized spacial score (nSPS) is 20.0. The van der Waals surface area contributed by atoms with E-state index in [1.807, 2.05) is 18.7 Å². The van der Waals surface area contributed by atoms with Crippen molar-refractivity contribution in [1.82, 2.24) is 24.8 Å². The van der Waals surface area contributed by atoms with Crippen molar-refractivity contribution >= 4 is 28.8 Å². The highest BCUT2D eigenvalue weighted by atomic mass is 35.5. The standard InChI is InChI=1S/C29H26ClF3N6O2S/c1-14-24(42-26(37-14)25-35-7-4-8-36-25)27(40)39-12-18-19(13-39)23(18)41-22-11-16(28(2,3)34)10-21(38-22)17-6-5-15(9-20(17)30)29(31,32)33/h4-11,18-19,23H,12-13,34H2,1-3H3/t18-,19+,23?. The van der Waals surface area contributed by atoms with Gasteiger partial charge in [-0.2, -0.15) is 13.2 Å². The molecule has 0 radical (unpaired) electrons. The van der Waals surface area contributed by atoms with Crippen molar-refractivity contribution in [2.24, 2.45) is 17.6 Å². The minimum absolute atomic E-state index is 0.0759. The molecule has 8 nitrogen and oxygen atoms in total. The summed E-state index contributed by atoms with van der Waals surface area (Å²) in [5, 5.41) is 0.521. The van der Waals surface area contributed by atoms with E-state index in [1.165, 1.54) is 17.4 Å². The number of benzene rings is 1. The second-order valence-electron chi connectivity index (χ2n) is 11.1. The summed E-state index contributed by atoms with van der Waals surface area (Å²) in [5.41, 5.74) is 6.79. The van der Waals surface area contributed by atoms with Crippen molar-refractivity contribution in [2.45, 2.75) is 38.6 Å². The Morgan fingerprint density at radius 2 is 1.76 bits per heavy atom. The molecule has 218 valence electrons. The van der Waals surface area contributed by atoms with Crippen LogP contribution in [0.1, 0.15) is 40.3 Å². The maximum atomic E-state index is 13.3. The smallest absolute Gasteiger partial charge is 0.416 e. The van der Waals surface area contributed by atoms with Gasteiger partial charge in [0.05, 0.1) is 22.0 Å². The van der Waals surface area contributed by atoms with E-state index in [4.69, 9.17) is 22.1 Å². The number of nitrogens with zero attached hydrogens (tertiary/aromatic N) is 5. The molecule has 42 heavy (non-hydrogen) atoms. The number of hydrogen-bond acceptors (Lipinski definition) is 8. The van der Waals surface area contributed by atoms with Gasteiger partial charge in [0.1, 0.15) is 11.0 Å². The molecule has 3 atom stereocenters. The number of hydrogen-bond donors (Lipinski definition) is 1. The zero-order chi connectivity index (χ0) is 30.0. The van der Waals surface area contributed by atoms with Crippen molar-refractivity contribution in [3.8, 4) is 28.0 Å². The van der Waals surface area contributed by atoms with Gasteiger partial charge in [-0.05, 0) is 50.6 Å². The first-order valence-corrected chi connectivity index (χ1v) is 14.4. The molecule has 2 N–H and O–H groups in total. The average molecular weight is 615 g/mol. The van der Waals surface area contributed by atoms with E-state index in [-0.39, 0.29) is 28.9 Å². The van der Waals surface area contributed by atoms with Gasteiger partial charge in [-0.15, -0.1) is 11.3 Å². The summed E-state index contributed by atoms with van der Waals surface area (Å²) in [7, 11) is 0. The number of ether oxygens (including phenoxy) is 1. The predicted octanol–water partition coefficient (Wildman–Crippen LogP) is 5.99. The van der Waals surface area contributed by atoms with Gasteiger partial charge in [-0.1, -0.05) is 17.7 Å². The zero-order valence-corrected chi connectivity index (χ0v) is 24.4. The fraction of sp³-hybridized carbons (Fsp3) is 0.345. The molecule has 1 aliphatic heterocycles. The molecule has 1 saturated carbocycles. The second kappa shape index (κ2) is 10.3. The Balaban J connectivity index is 1.18. The predicted molar refractivity (Wildman–Crippen MR) is 152 cm³/mol. The van der Waals surface area contributed by atoms with Gasteiger partial charge in [0.15, 0.2) is 10.8 Å². The van der Waals surface area contributed by atoms with Crippen molar-refractivity contribution in [1.29, 1.82) is 0 Å². The number of piperidine rings is 1. The maximum absolute atomic E-state index is 13.3. The highest BCUT2D eigenvalue weighted by Gasteiger charge is 2.59. The van der Waals surface area contributed by atoms with Crippen molar-refractivity contribution in [2.75, 3.05) is 13.1 Å². The molecular weight excluding hydrogens is 589 g/mol. The van der Waals surface area contributed by atoms with E-state index in [0.29, 0.717) is 57.2 Å². The topological polar surface area (TPSA) is 107 Å². The van der Waals surface area contributed by atoms with Crippen LogP contribution in [0.5, 0.6) is 5.88 Å². The molecule has 0 bridgehead atoms. The zero-order valence-electron chi connectivity index (χ0n) is 22.8. The number of halogens is 4. The minimum atomic E-state index is -4.51. The molecule has 0 spiro atoms. The Hall–Kier alpha value is -3.61. The Kier molecular flexibility index (Phi) is 6.98. The van der Waals surface area contributed by atoms with E-state index in [1.54, 1.807) is 37.5 Å². The number of thiazole rings is 1. The van der Waals surface area contributed by atoms with E-state index in [0.717, 1.165) is 12.1 Å².